The molecule has 0 saturated heterocycles. The first kappa shape index (κ1) is 13.1. The Balaban J connectivity index is 2.14. The normalized spacial score (nSPS) is 10.4. The zero-order valence-electron chi connectivity index (χ0n) is 8.96. The molecule has 0 unspecified atom stereocenters. The molecule has 2 rings (SSSR count). The van der Waals surface area contributed by atoms with Crippen LogP contribution in [-0.2, 0) is 6.61 Å². The van der Waals surface area contributed by atoms with Gasteiger partial charge in [0, 0.05) is 5.56 Å². The van der Waals surface area contributed by atoms with Crippen molar-refractivity contribution in [1.82, 2.24) is 4.98 Å². The van der Waals surface area contributed by atoms with Gasteiger partial charge in [0.05, 0.1) is 0 Å². The molecule has 0 aliphatic heterocycles. The van der Waals surface area contributed by atoms with Crippen LogP contribution >= 0.6 is 23.2 Å². The van der Waals surface area contributed by atoms with Crippen LogP contribution in [0.1, 0.15) is 5.56 Å². The van der Waals surface area contributed by atoms with Crippen molar-refractivity contribution in [3.63, 3.8) is 0 Å². The summed E-state index contributed by atoms with van der Waals surface area (Å²) in [4.78, 5) is 3.81. The van der Waals surface area contributed by atoms with Gasteiger partial charge in [-0.1, -0.05) is 29.3 Å². The lowest BCUT2D eigenvalue weighted by atomic mass is 10.3. The number of halogens is 4. The fourth-order valence-corrected chi connectivity index (χ4v) is 1.70. The molecule has 0 aliphatic carbocycles. The minimum Gasteiger partial charge on any atom is -0.486 e. The lowest BCUT2D eigenvalue weighted by Gasteiger charge is -2.08. The molecule has 18 heavy (non-hydrogen) atoms. The van der Waals surface area contributed by atoms with E-state index >= 15 is 0 Å². The van der Waals surface area contributed by atoms with Crippen molar-refractivity contribution in [3.05, 3.63) is 57.8 Å². The van der Waals surface area contributed by atoms with Crippen LogP contribution in [0.25, 0.3) is 0 Å². The maximum atomic E-state index is 13.3. The first-order valence-corrected chi connectivity index (χ1v) is 5.71. The minimum absolute atomic E-state index is 0.0244. The van der Waals surface area contributed by atoms with Crippen molar-refractivity contribution >= 4 is 23.2 Å². The predicted molar refractivity (Wildman–Crippen MR) is 64.9 cm³/mol. The number of hydrogen-bond donors (Lipinski definition) is 0. The number of aromatic nitrogens is 1. The number of nitrogens with zero attached hydrogens (tertiary/aromatic N) is 1. The molecule has 0 radical (unpaired) electrons. The molecular weight excluding hydrogens is 283 g/mol. The summed E-state index contributed by atoms with van der Waals surface area (Å²) in [6.07, 6.45) is 0. The molecule has 94 valence electrons. The fourth-order valence-electron chi connectivity index (χ4n) is 1.30. The Hall–Kier alpha value is -1.39. The van der Waals surface area contributed by atoms with Crippen molar-refractivity contribution in [2.75, 3.05) is 0 Å². The van der Waals surface area contributed by atoms with Crippen LogP contribution in [-0.4, -0.2) is 4.98 Å². The van der Waals surface area contributed by atoms with Gasteiger partial charge in [0.1, 0.15) is 16.9 Å². The van der Waals surface area contributed by atoms with E-state index in [1.54, 1.807) is 6.07 Å². The zero-order chi connectivity index (χ0) is 13.1. The number of benzene rings is 1. The molecule has 0 saturated carbocycles. The molecule has 0 atom stereocenters. The minimum atomic E-state index is -1.03. The Labute approximate surface area is 112 Å². The summed E-state index contributed by atoms with van der Waals surface area (Å²) < 4.78 is 31.4. The third-order valence-corrected chi connectivity index (χ3v) is 2.73. The monoisotopic (exact) mass is 289 g/mol. The lowest BCUT2D eigenvalue weighted by molar-refractivity contribution is 0.284. The maximum Gasteiger partial charge on any atom is 0.200 e. The molecule has 0 amide bonds. The van der Waals surface area contributed by atoms with E-state index in [0.29, 0.717) is 5.56 Å². The molecule has 0 fully saturated rings. The predicted octanol–water partition coefficient (Wildman–Crippen LogP) is 4.25. The summed E-state index contributed by atoms with van der Waals surface area (Å²) in [6.45, 7) is -0.0244. The summed E-state index contributed by atoms with van der Waals surface area (Å²) in [5.41, 5.74) is 0.532. The van der Waals surface area contributed by atoms with E-state index in [9.17, 15) is 8.78 Å². The maximum absolute atomic E-state index is 13.3. The SMILES string of the molecule is Fc1cccc(OCc2ccc(Cl)nc2Cl)c1F. The molecule has 2 nitrogen and oxygen atoms in total. The lowest BCUT2D eigenvalue weighted by Crippen LogP contribution is -2.00. The van der Waals surface area contributed by atoms with Gasteiger partial charge in [0.25, 0.3) is 0 Å². The van der Waals surface area contributed by atoms with Gasteiger partial charge in [-0.3, -0.25) is 0 Å². The van der Waals surface area contributed by atoms with E-state index < -0.39 is 11.6 Å². The molecule has 0 aliphatic rings. The van der Waals surface area contributed by atoms with Crippen molar-refractivity contribution in [1.29, 1.82) is 0 Å². The Morgan fingerprint density at radius 2 is 1.89 bits per heavy atom. The molecule has 0 spiro atoms. The zero-order valence-corrected chi connectivity index (χ0v) is 10.5. The van der Waals surface area contributed by atoms with Gasteiger partial charge in [-0.05, 0) is 24.3 Å². The van der Waals surface area contributed by atoms with Crippen LogP contribution in [0.2, 0.25) is 10.3 Å². The van der Waals surface area contributed by atoms with Crippen molar-refractivity contribution in [3.8, 4) is 5.75 Å². The Morgan fingerprint density at radius 1 is 1.11 bits per heavy atom. The van der Waals surface area contributed by atoms with E-state index in [4.69, 9.17) is 27.9 Å². The molecule has 2 aromatic rings. The Kier molecular flexibility index (Phi) is 3.99. The third kappa shape index (κ3) is 2.89. The van der Waals surface area contributed by atoms with Crippen LogP contribution in [0.3, 0.4) is 0 Å². The van der Waals surface area contributed by atoms with E-state index in [1.807, 2.05) is 0 Å². The Morgan fingerprint density at radius 3 is 2.61 bits per heavy atom. The highest BCUT2D eigenvalue weighted by molar-refractivity contribution is 6.32. The molecule has 0 N–H and O–H groups in total. The first-order valence-electron chi connectivity index (χ1n) is 4.95. The highest BCUT2D eigenvalue weighted by Gasteiger charge is 2.10. The molecule has 1 aromatic carbocycles. The van der Waals surface area contributed by atoms with Gasteiger partial charge < -0.3 is 4.74 Å². The van der Waals surface area contributed by atoms with Gasteiger partial charge in [-0.2, -0.15) is 4.39 Å². The van der Waals surface area contributed by atoms with Crippen LogP contribution in [0.4, 0.5) is 8.78 Å². The third-order valence-electron chi connectivity index (χ3n) is 2.19. The van der Waals surface area contributed by atoms with Gasteiger partial charge in [-0.25, -0.2) is 9.37 Å². The summed E-state index contributed by atoms with van der Waals surface area (Å²) in [7, 11) is 0. The van der Waals surface area contributed by atoms with Gasteiger partial charge >= 0.3 is 0 Å². The highest BCUT2D eigenvalue weighted by Crippen LogP contribution is 2.22. The van der Waals surface area contributed by atoms with Crippen molar-refractivity contribution in [2.45, 2.75) is 6.61 Å². The van der Waals surface area contributed by atoms with Gasteiger partial charge in [0.15, 0.2) is 11.6 Å². The average Bonchev–Trinajstić information content (AvgIpc) is 2.33. The molecule has 1 aromatic heterocycles. The van der Waals surface area contributed by atoms with Crippen molar-refractivity contribution in [2.24, 2.45) is 0 Å². The number of rotatable bonds is 3. The summed E-state index contributed by atoms with van der Waals surface area (Å²) in [5.74, 6) is -2.18. The van der Waals surface area contributed by atoms with Crippen LogP contribution in [0, 0.1) is 11.6 Å². The first-order chi connectivity index (χ1) is 8.58. The van der Waals surface area contributed by atoms with E-state index in [2.05, 4.69) is 4.98 Å². The van der Waals surface area contributed by atoms with Gasteiger partial charge in [-0.15, -0.1) is 0 Å². The summed E-state index contributed by atoms with van der Waals surface area (Å²) in [6, 6.07) is 6.84. The summed E-state index contributed by atoms with van der Waals surface area (Å²) >= 11 is 11.5. The number of pyridine rings is 1. The van der Waals surface area contributed by atoms with Crippen LogP contribution in [0.5, 0.6) is 5.75 Å². The molecule has 6 heteroatoms. The smallest absolute Gasteiger partial charge is 0.200 e. The highest BCUT2D eigenvalue weighted by atomic mass is 35.5. The quantitative estimate of drug-likeness (QED) is 0.788. The number of hydrogen-bond acceptors (Lipinski definition) is 2. The van der Waals surface area contributed by atoms with E-state index in [1.165, 1.54) is 18.2 Å². The largest absolute Gasteiger partial charge is 0.486 e. The van der Waals surface area contributed by atoms with E-state index in [0.717, 1.165) is 6.07 Å². The summed E-state index contributed by atoms with van der Waals surface area (Å²) in [5, 5.41) is 0.417. The Bertz CT molecular complexity index is 578. The fraction of sp³-hybridized carbons (Fsp3) is 0.0833. The second-order valence-electron chi connectivity index (χ2n) is 3.42. The molecule has 1 heterocycles. The van der Waals surface area contributed by atoms with Crippen LogP contribution < -0.4 is 4.74 Å². The topological polar surface area (TPSA) is 22.1 Å². The second-order valence-corrected chi connectivity index (χ2v) is 4.17. The average molecular weight is 290 g/mol. The van der Waals surface area contributed by atoms with Crippen LogP contribution in [0.15, 0.2) is 30.3 Å². The standard InChI is InChI=1S/C12H7Cl2F2NO/c13-10-5-4-7(12(14)17-10)6-18-9-3-1-2-8(15)11(9)16/h1-5H,6H2. The molecule has 0 bridgehead atoms. The van der Waals surface area contributed by atoms with Crippen molar-refractivity contribution < 1.29 is 13.5 Å². The molecular formula is C12H7Cl2F2NO. The van der Waals surface area contributed by atoms with E-state index in [-0.39, 0.29) is 22.7 Å². The number of ether oxygens (including phenoxy) is 1. The second kappa shape index (κ2) is 5.50. The van der Waals surface area contributed by atoms with Gasteiger partial charge in [0.2, 0.25) is 5.82 Å².